The number of phenolic OH excluding ortho intramolecular Hbond substituents is 1. The molecular formula is C14H23NO2. The summed E-state index contributed by atoms with van der Waals surface area (Å²) in [6.07, 6.45) is 0.910. The van der Waals surface area contributed by atoms with Crippen molar-refractivity contribution in [2.24, 2.45) is 5.41 Å². The van der Waals surface area contributed by atoms with E-state index in [2.05, 4.69) is 12.2 Å². The third kappa shape index (κ3) is 3.13. The Morgan fingerprint density at radius 1 is 1.29 bits per heavy atom. The number of aryl methyl sites for hydroxylation is 1. The Bertz CT molecular complexity index is 384. The summed E-state index contributed by atoms with van der Waals surface area (Å²) >= 11 is 0. The van der Waals surface area contributed by atoms with Crippen LogP contribution in [0.2, 0.25) is 0 Å². The zero-order valence-corrected chi connectivity index (χ0v) is 11.2. The van der Waals surface area contributed by atoms with Crippen LogP contribution in [0.5, 0.6) is 5.75 Å². The Labute approximate surface area is 103 Å². The minimum absolute atomic E-state index is 0.118. The summed E-state index contributed by atoms with van der Waals surface area (Å²) in [6.45, 7) is 8.75. The lowest BCUT2D eigenvalue weighted by Crippen LogP contribution is -2.29. The average molecular weight is 237 g/mol. The minimum atomic E-state index is -0.118. The topological polar surface area (TPSA) is 52.5 Å². The van der Waals surface area contributed by atoms with Crippen molar-refractivity contribution in [2.45, 2.75) is 34.1 Å². The number of aliphatic hydroxyl groups excluding tert-OH is 1. The normalized spacial score (nSPS) is 14.4. The average Bonchev–Trinajstić information content (AvgIpc) is 2.35. The fourth-order valence-corrected chi connectivity index (χ4v) is 1.63. The molecule has 1 atom stereocenters. The molecule has 0 spiro atoms. The van der Waals surface area contributed by atoms with E-state index in [4.69, 9.17) is 0 Å². The molecule has 3 heteroatoms. The molecule has 0 aliphatic heterocycles. The third-order valence-electron chi connectivity index (χ3n) is 3.57. The highest BCUT2D eigenvalue weighted by Gasteiger charge is 2.21. The van der Waals surface area contributed by atoms with Gasteiger partial charge in [0.25, 0.3) is 0 Å². The second-order valence-corrected chi connectivity index (χ2v) is 5.08. The number of aliphatic hydroxyl groups is 1. The van der Waals surface area contributed by atoms with Crippen molar-refractivity contribution in [3.8, 4) is 5.75 Å². The summed E-state index contributed by atoms with van der Waals surface area (Å²) in [5, 5.41) is 22.5. The van der Waals surface area contributed by atoms with E-state index in [1.807, 2.05) is 32.9 Å². The first kappa shape index (κ1) is 13.8. The van der Waals surface area contributed by atoms with E-state index >= 15 is 0 Å². The first-order chi connectivity index (χ1) is 7.93. The predicted molar refractivity (Wildman–Crippen MR) is 71.6 cm³/mol. The summed E-state index contributed by atoms with van der Waals surface area (Å²) in [4.78, 5) is 0. The van der Waals surface area contributed by atoms with Crippen molar-refractivity contribution in [3.05, 3.63) is 23.3 Å². The lowest BCUT2D eigenvalue weighted by Gasteiger charge is -2.27. The van der Waals surface area contributed by atoms with Gasteiger partial charge in [0.1, 0.15) is 5.75 Å². The van der Waals surface area contributed by atoms with Gasteiger partial charge in [-0.25, -0.2) is 0 Å². The molecule has 0 bridgehead atoms. The summed E-state index contributed by atoms with van der Waals surface area (Å²) in [7, 11) is 0. The van der Waals surface area contributed by atoms with E-state index in [1.165, 1.54) is 0 Å². The molecule has 17 heavy (non-hydrogen) atoms. The molecule has 1 rings (SSSR count). The SMILES string of the molecule is CCC(C)(CO)CNc1ccc(C)c(O)c1C. The summed E-state index contributed by atoms with van der Waals surface area (Å²) < 4.78 is 0. The van der Waals surface area contributed by atoms with E-state index in [0.717, 1.165) is 23.2 Å². The predicted octanol–water partition coefficient (Wildman–Crippen LogP) is 2.83. The Kier molecular flexibility index (Phi) is 4.40. The maximum atomic E-state index is 9.84. The van der Waals surface area contributed by atoms with Gasteiger partial charge in [-0.1, -0.05) is 19.9 Å². The van der Waals surface area contributed by atoms with Gasteiger partial charge in [-0.05, 0) is 31.9 Å². The smallest absolute Gasteiger partial charge is 0.123 e. The molecule has 0 aliphatic rings. The molecule has 1 aromatic carbocycles. The number of hydrogen-bond donors (Lipinski definition) is 3. The van der Waals surface area contributed by atoms with E-state index in [1.54, 1.807) is 0 Å². The largest absolute Gasteiger partial charge is 0.507 e. The fourth-order valence-electron chi connectivity index (χ4n) is 1.63. The molecule has 0 radical (unpaired) electrons. The highest BCUT2D eigenvalue weighted by molar-refractivity contribution is 5.59. The third-order valence-corrected chi connectivity index (χ3v) is 3.57. The maximum absolute atomic E-state index is 9.84. The molecule has 3 N–H and O–H groups in total. The molecule has 96 valence electrons. The van der Waals surface area contributed by atoms with E-state index in [0.29, 0.717) is 12.3 Å². The van der Waals surface area contributed by atoms with Gasteiger partial charge in [-0.2, -0.15) is 0 Å². The van der Waals surface area contributed by atoms with E-state index in [9.17, 15) is 10.2 Å². The number of anilines is 1. The molecule has 3 nitrogen and oxygen atoms in total. The summed E-state index contributed by atoms with van der Waals surface area (Å²) in [5.74, 6) is 0.345. The van der Waals surface area contributed by atoms with Crippen LogP contribution >= 0.6 is 0 Å². The Morgan fingerprint density at radius 3 is 2.47 bits per heavy atom. The highest BCUT2D eigenvalue weighted by atomic mass is 16.3. The van der Waals surface area contributed by atoms with Crippen molar-refractivity contribution in [1.82, 2.24) is 0 Å². The lowest BCUT2D eigenvalue weighted by atomic mass is 9.88. The second kappa shape index (κ2) is 5.41. The molecule has 0 aliphatic carbocycles. The highest BCUT2D eigenvalue weighted by Crippen LogP contribution is 2.29. The quantitative estimate of drug-likeness (QED) is 0.738. The Morgan fingerprint density at radius 2 is 1.94 bits per heavy atom. The van der Waals surface area contributed by atoms with Crippen molar-refractivity contribution < 1.29 is 10.2 Å². The van der Waals surface area contributed by atoms with Crippen LogP contribution in [0.3, 0.4) is 0 Å². The van der Waals surface area contributed by atoms with Crippen LogP contribution < -0.4 is 5.32 Å². The van der Waals surface area contributed by atoms with Crippen LogP contribution in [0.1, 0.15) is 31.4 Å². The number of benzene rings is 1. The van der Waals surface area contributed by atoms with Crippen molar-refractivity contribution in [2.75, 3.05) is 18.5 Å². The molecule has 0 saturated heterocycles. The van der Waals surface area contributed by atoms with Gasteiger partial charge in [0.2, 0.25) is 0 Å². The number of phenols is 1. The van der Waals surface area contributed by atoms with Crippen LogP contribution in [0.15, 0.2) is 12.1 Å². The zero-order chi connectivity index (χ0) is 13.1. The van der Waals surface area contributed by atoms with E-state index < -0.39 is 0 Å². The van der Waals surface area contributed by atoms with Crippen LogP contribution in [0.4, 0.5) is 5.69 Å². The standard InChI is InChI=1S/C14H23NO2/c1-5-14(4,9-16)8-15-12-7-6-10(2)13(17)11(12)3/h6-7,15-17H,5,8-9H2,1-4H3. The van der Waals surface area contributed by atoms with Gasteiger partial charge in [-0.15, -0.1) is 0 Å². The molecule has 0 amide bonds. The second-order valence-electron chi connectivity index (χ2n) is 5.08. The monoisotopic (exact) mass is 237 g/mol. The number of hydrogen-bond acceptors (Lipinski definition) is 3. The van der Waals surface area contributed by atoms with Gasteiger partial charge in [0, 0.05) is 23.2 Å². The molecule has 0 saturated carbocycles. The number of rotatable bonds is 5. The number of aromatic hydroxyl groups is 1. The molecule has 1 aromatic rings. The van der Waals surface area contributed by atoms with Crippen molar-refractivity contribution in [3.63, 3.8) is 0 Å². The Balaban J connectivity index is 2.80. The van der Waals surface area contributed by atoms with Crippen molar-refractivity contribution in [1.29, 1.82) is 0 Å². The molecule has 0 aromatic heterocycles. The van der Waals surface area contributed by atoms with E-state index in [-0.39, 0.29) is 12.0 Å². The van der Waals surface area contributed by atoms with Crippen LogP contribution in [0.25, 0.3) is 0 Å². The molecule has 1 unspecified atom stereocenters. The van der Waals surface area contributed by atoms with Crippen LogP contribution in [-0.4, -0.2) is 23.4 Å². The maximum Gasteiger partial charge on any atom is 0.123 e. The van der Waals surface area contributed by atoms with Gasteiger partial charge in [0.15, 0.2) is 0 Å². The van der Waals surface area contributed by atoms with Gasteiger partial charge in [-0.3, -0.25) is 0 Å². The molecular weight excluding hydrogens is 214 g/mol. The zero-order valence-electron chi connectivity index (χ0n) is 11.2. The van der Waals surface area contributed by atoms with Gasteiger partial charge in [0.05, 0.1) is 6.61 Å². The van der Waals surface area contributed by atoms with Gasteiger partial charge >= 0.3 is 0 Å². The molecule has 0 fully saturated rings. The van der Waals surface area contributed by atoms with Crippen LogP contribution in [-0.2, 0) is 0 Å². The first-order valence-electron chi connectivity index (χ1n) is 6.07. The molecule has 0 heterocycles. The summed E-state index contributed by atoms with van der Waals surface area (Å²) in [5.41, 5.74) is 2.56. The Hall–Kier alpha value is -1.22. The first-order valence-corrected chi connectivity index (χ1v) is 6.07. The van der Waals surface area contributed by atoms with Crippen molar-refractivity contribution >= 4 is 5.69 Å². The fraction of sp³-hybridized carbons (Fsp3) is 0.571. The van der Waals surface area contributed by atoms with Crippen LogP contribution in [0, 0.1) is 19.3 Å². The van der Waals surface area contributed by atoms with Gasteiger partial charge < -0.3 is 15.5 Å². The number of nitrogens with one attached hydrogen (secondary N) is 1. The lowest BCUT2D eigenvalue weighted by molar-refractivity contribution is 0.149. The minimum Gasteiger partial charge on any atom is -0.507 e. The summed E-state index contributed by atoms with van der Waals surface area (Å²) in [6, 6.07) is 3.87.